The Balaban J connectivity index is 1.71. The molecule has 4 heteroatoms. The predicted octanol–water partition coefficient (Wildman–Crippen LogP) is 3.31. The lowest BCUT2D eigenvalue weighted by Gasteiger charge is -2.64. The van der Waals surface area contributed by atoms with Crippen molar-refractivity contribution in [3.8, 4) is 0 Å². The zero-order valence-electron chi connectivity index (χ0n) is 15.6. The first-order valence-electron chi connectivity index (χ1n) is 9.42. The van der Waals surface area contributed by atoms with Crippen LogP contribution in [0.25, 0.3) is 0 Å². The van der Waals surface area contributed by atoms with Gasteiger partial charge in [0.1, 0.15) is 11.9 Å². The molecule has 2 saturated heterocycles. The van der Waals surface area contributed by atoms with Crippen molar-refractivity contribution < 1.29 is 19.1 Å². The van der Waals surface area contributed by atoms with Crippen LogP contribution >= 0.6 is 0 Å². The minimum atomic E-state index is -0.783. The van der Waals surface area contributed by atoms with Gasteiger partial charge in [-0.3, -0.25) is 9.59 Å². The van der Waals surface area contributed by atoms with Crippen molar-refractivity contribution in [3.05, 3.63) is 0 Å². The molecule has 0 amide bonds. The number of carbonyl (C=O) groups is 2. The maximum Gasteiger partial charge on any atom is 0.167 e. The molecule has 0 bridgehead atoms. The van der Waals surface area contributed by atoms with E-state index in [0.29, 0.717) is 31.1 Å². The lowest BCUT2D eigenvalue weighted by molar-refractivity contribution is -0.253. The van der Waals surface area contributed by atoms with Crippen LogP contribution < -0.4 is 0 Å². The van der Waals surface area contributed by atoms with Crippen molar-refractivity contribution in [2.24, 2.45) is 22.7 Å². The van der Waals surface area contributed by atoms with Crippen molar-refractivity contribution in [2.75, 3.05) is 6.61 Å². The van der Waals surface area contributed by atoms with Crippen LogP contribution in [0.5, 0.6) is 0 Å². The van der Waals surface area contributed by atoms with Gasteiger partial charge in [-0.1, -0.05) is 20.8 Å². The van der Waals surface area contributed by atoms with E-state index in [4.69, 9.17) is 9.47 Å². The fraction of sp³-hybridized carbons (Fsp3) is 0.900. The van der Waals surface area contributed by atoms with Crippen LogP contribution in [0.1, 0.15) is 66.7 Å². The highest BCUT2D eigenvalue weighted by Crippen LogP contribution is 2.64. The molecule has 134 valence electrons. The minimum Gasteiger partial charge on any atom is -0.369 e. The zero-order chi connectivity index (χ0) is 17.5. The molecule has 4 fully saturated rings. The minimum absolute atomic E-state index is 0.00813. The first kappa shape index (κ1) is 16.7. The van der Waals surface area contributed by atoms with Crippen molar-refractivity contribution in [1.82, 2.24) is 0 Å². The Kier molecular flexibility index (Phi) is 3.27. The molecule has 0 aromatic heterocycles. The van der Waals surface area contributed by atoms with Crippen LogP contribution in [0, 0.1) is 22.7 Å². The van der Waals surface area contributed by atoms with Gasteiger partial charge in [-0.05, 0) is 44.4 Å². The number of hydrogen-bond donors (Lipinski definition) is 0. The van der Waals surface area contributed by atoms with Crippen molar-refractivity contribution in [3.63, 3.8) is 0 Å². The molecule has 0 aromatic carbocycles. The quantitative estimate of drug-likeness (QED) is 0.690. The van der Waals surface area contributed by atoms with E-state index in [1.807, 2.05) is 6.92 Å². The Labute approximate surface area is 144 Å². The van der Waals surface area contributed by atoms with Gasteiger partial charge in [0.05, 0.1) is 12.2 Å². The Morgan fingerprint density at radius 1 is 0.958 bits per heavy atom. The summed E-state index contributed by atoms with van der Waals surface area (Å²) in [6, 6.07) is 0. The molecule has 4 aliphatic rings. The standard InChI is InChI=1S/C20H30O4/c1-17(2)12-6-9-19(4)13(18(12,3)8-7-14(17)21)10-15(22)20(5,24-19)16-11-23-16/h12-13,16H,6-11H2,1-5H3/t12-,13+,16+,18-,19+,20-/m1/s1. The smallest absolute Gasteiger partial charge is 0.167 e. The number of rotatable bonds is 1. The third kappa shape index (κ3) is 1.99. The monoisotopic (exact) mass is 334 g/mol. The van der Waals surface area contributed by atoms with Gasteiger partial charge >= 0.3 is 0 Å². The zero-order valence-corrected chi connectivity index (χ0v) is 15.6. The van der Waals surface area contributed by atoms with Crippen molar-refractivity contribution in [1.29, 1.82) is 0 Å². The summed E-state index contributed by atoms with van der Waals surface area (Å²) >= 11 is 0. The van der Waals surface area contributed by atoms with Gasteiger partial charge in [0, 0.05) is 24.2 Å². The molecule has 4 nitrogen and oxygen atoms in total. The molecule has 6 atom stereocenters. The Morgan fingerprint density at radius 2 is 1.62 bits per heavy atom. The van der Waals surface area contributed by atoms with E-state index in [1.54, 1.807) is 0 Å². The van der Waals surface area contributed by atoms with Gasteiger partial charge in [-0.25, -0.2) is 0 Å². The summed E-state index contributed by atoms with van der Waals surface area (Å²) in [4.78, 5) is 25.5. The highest BCUT2D eigenvalue weighted by molar-refractivity contribution is 5.90. The van der Waals surface area contributed by atoms with E-state index in [1.165, 1.54) is 0 Å². The van der Waals surface area contributed by atoms with E-state index < -0.39 is 5.60 Å². The first-order valence-corrected chi connectivity index (χ1v) is 9.42. The predicted molar refractivity (Wildman–Crippen MR) is 89.6 cm³/mol. The second-order valence-corrected chi connectivity index (χ2v) is 9.77. The molecule has 2 heterocycles. The largest absolute Gasteiger partial charge is 0.369 e. The lowest BCUT2D eigenvalue weighted by Crippen LogP contribution is -2.67. The van der Waals surface area contributed by atoms with Gasteiger partial charge in [0.2, 0.25) is 0 Å². The van der Waals surface area contributed by atoms with E-state index in [-0.39, 0.29) is 34.2 Å². The molecule has 0 spiro atoms. The molecular formula is C20H30O4. The highest BCUT2D eigenvalue weighted by Gasteiger charge is 2.67. The Morgan fingerprint density at radius 3 is 2.25 bits per heavy atom. The van der Waals surface area contributed by atoms with Crippen LogP contribution in [-0.4, -0.2) is 35.5 Å². The summed E-state index contributed by atoms with van der Waals surface area (Å²) < 4.78 is 12.0. The van der Waals surface area contributed by atoms with Crippen molar-refractivity contribution in [2.45, 2.75) is 84.0 Å². The summed E-state index contributed by atoms with van der Waals surface area (Å²) in [7, 11) is 0. The molecule has 0 aromatic rings. The molecule has 2 aliphatic heterocycles. The number of hydrogen-bond acceptors (Lipinski definition) is 4. The average molecular weight is 334 g/mol. The molecule has 0 radical (unpaired) electrons. The van der Waals surface area contributed by atoms with Gasteiger partial charge in [-0.2, -0.15) is 0 Å². The number of carbonyl (C=O) groups excluding carboxylic acids is 2. The van der Waals surface area contributed by atoms with Crippen LogP contribution in [0.15, 0.2) is 0 Å². The normalized spacial score (nSPS) is 53.3. The molecule has 0 N–H and O–H groups in total. The Hall–Kier alpha value is -0.740. The first-order chi connectivity index (χ1) is 11.0. The second-order valence-electron chi connectivity index (χ2n) is 9.77. The number of ether oxygens (including phenoxy) is 2. The summed E-state index contributed by atoms with van der Waals surface area (Å²) in [5.41, 5.74) is -1.38. The molecule has 2 aliphatic carbocycles. The average Bonchev–Trinajstić information content (AvgIpc) is 3.31. The molecule has 0 unspecified atom stereocenters. The summed E-state index contributed by atoms with van der Waals surface area (Å²) in [6.45, 7) is 11.2. The number of ketones is 2. The maximum absolute atomic E-state index is 13.0. The third-order valence-electron chi connectivity index (χ3n) is 8.08. The van der Waals surface area contributed by atoms with Crippen molar-refractivity contribution >= 4 is 11.6 Å². The Bertz CT molecular complexity index is 607. The SMILES string of the molecule is CC1(C)C(=O)CC[C@]2(C)[C@@H]1CC[C@]1(C)O[C@@](C)([C@@H]3CO3)C(=O)C[C@@H]21. The summed E-state index contributed by atoms with van der Waals surface area (Å²) in [5.74, 6) is 1.09. The fourth-order valence-corrected chi connectivity index (χ4v) is 6.42. The van der Waals surface area contributed by atoms with E-state index in [9.17, 15) is 9.59 Å². The van der Waals surface area contributed by atoms with Gasteiger partial charge < -0.3 is 9.47 Å². The van der Waals surface area contributed by atoms with Gasteiger partial charge in [0.25, 0.3) is 0 Å². The van der Waals surface area contributed by atoms with Crippen LogP contribution in [0.4, 0.5) is 0 Å². The number of epoxide rings is 1. The van der Waals surface area contributed by atoms with E-state index in [2.05, 4.69) is 27.7 Å². The number of fused-ring (bicyclic) bond motifs is 3. The van der Waals surface area contributed by atoms with Crippen LogP contribution in [0.2, 0.25) is 0 Å². The van der Waals surface area contributed by atoms with Gasteiger partial charge in [-0.15, -0.1) is 0 Å². The number of Topliss-reactive ketones (excluding diaryl/α,β-unsaturated/α-hetero) is 2. The lowest BCUT2D eigenvalue weighted by atomic mass is 9.44. The second kappa shape index (κ2) is 4.70. The van der Waals surface area contributed by atoms with E-state index >= 15 is 0 Å². The van der Waals surface area contributed by atoms with Gasteiger partial charge in [0.15, 0.2) is 11.4 Å². The van der Waals surface area contributed by atoms with Crippen LogP contribution in [0.3, 0.4) is 0 Å². The third-order valence-corrected chi connectivity index (χ3v) is 8.08. The summed E-state index contributed by atoms with van der Waals surface area (Å²) in [6.07, 6.45) is 3.92. The van der Waals surface area contributed by atoms with Crippen LogP contribution in [-0.2, 0) is 19.1 Å². The maximum atomic E-state index is 13.0. The molecular weight excluding hydrogens is 304 g/mol. The molecule has 2 saturated carbocycles. The highest BCUT2D eigenvalue weighted by atomic mass is 16.6. The fourth-order valence-electron chi connectivity index (χ4n) is 6.42. The summed E-state index contributed by atoms with van der Waals surface area (Å²) in [5, 5.41) is 0. The van der Waals surface area contributed by atoms with E-state index in [0.717, 1.165) is 19.3 Å². The topological polar surface area (TPSA) is 55.9 Å². The molecule has 4 rings (SSSR count). The molecule has 24 heavy (non-hydrogen) atoms.